The molecular weight excluding hydrogens is 284 g/mol. The standard InChI is InChI=1S/C16H20N2O2S/c1-11(14-10-21-15-7-3-2-6-13(14)15)17-16(20)18-8-4-5-12(19)9-18/h2-3,6-7,10-12,19H,4-5,8-9H2,1H3,(H,17,20)/t11-,12+/m1/s1. The van der Waals surface area contributed by atoms with Gasteiger partial charge in [0, 0.05) is 17.8 Å². The van der Waals surface area contributed by atoms with Crippen molar-refractivity contribution in [1.29, 1.82) is 0 Å². The van der Waals surface area contributed by atoms with Crippen LogP contribution in [0.1, 0.15) is 31.4 Å². The second-order valence-corrected chi connectivity index (χ2v) is 6.51. The van der Waals surface area contributed by atoms with Crippen LogP contribution >= 0.6 is 11.3 Å². The van der Waals surface area contributed by atoms with Gasteiger partial charge < -0.3 is 15.3 Å². The highest BCUT2D eigenvalue weighted by Gasteiger charge is 2.23. The van der Waals surface area contributed by atoms with Crippen molar-refractivity contribution in [2.75, 3.05) is 13.1 Å². The van der Waals surface area contributed by atoms with Crippen LogP contribution < -0.4 is 5.32 Å². The Bertz CT molecular complexity index is 640. The van der Waals surface area contributed by atoms with Gasteiger partial charge in [0.1, 0.15) is 0 Å². The van der Waals surface area contributed by atoms with Gasteiger partial charge in [0.05, 0.1) is 12.1 Å². The average molecular weight is 304 g/mol. The zero-order chi connectivity index (χ0) is 14.8. The van der Waals surface area contributed by atoms with E-state index >= 15 is 0 Å². The lowest BCUT2D eigenvalue weighted by Gasteiger charge is -2.31. The van der Waals surface area contributed by atoms with Crippen LogP contribution in [0.5, 0.6) is 0 Å². The number of fused-ring (bicyclic) bond motifs is 1. The summed E-state index contributed by atoms with van der Waals surface area (Å²) in [5.41, 5.74) is 1.15. The number of nitrogens with one attached hydrogen (secondary N) is 1. The van der Waals surface area contributed by atoms with Gasteiger partial charge in [-0.2, -0.15) is 0 Å². The van der Waals surface area contributed by atoms with Crippen LogP contribution in [0.2, 0.25) is 0 Å². The van der Waals surface area contributed by atoms with E-state index in [1.165, 1.54) is 10.1 Å². The highest BCUT2D eigenvalue weighted by atomic mass is 32.1. The minimum Gasteiger partial charge on any atom is -0.391 e. The highest BCUT2D eigenvalue weighted by Crippen LogP contribution is 2.30. The molecule has 1 aromatic carbocycles. The Hall–Kier alpha value is -1.59. The number of amides is 2. The van der Waals surface area contributed by atoms with Gasteiger partial charge in [-0.1, -0.05) is 18.2 Å². The van der Waals surface area contributed by atoms with Crippen molar-refractivity contribution >= 4 is 27.5 Å². The maximum absolute atomic E-state index is 12.3. The number of nitrogens with zero attached hydrogens (tertiary/aromatic N) is 1. The molecule has 0 bridgehead atoms. The predicted molar refractivity (Wildman–Crippen MR) is 85.6 cm³/mol. The molecule has 5 heteroatoms. The van der Waals surface area contributed by atoms with Gasteiger partial charge in [-0.3, -0.25) is 0 Å². The Morgan fingerprint density at radius 1 is 1.48 bits per heavy atom. The second-order valence-electron chi connectivity index (χ2n) is 5.60. The molecule has 1 fully saturated rings. The number of hydrogen-bond donors (Lipinski definition) is 2. The van der Waals surface area contributed by atoms with Crippen LogP contribution in [-0.2, 0) is 0 Å². The van der Waals surface area contributed by atoms with E-state index in [1.54, 1.807) is 16.2 Å². The van der Waals surface area contributed by atoms with Crippen molar-refractivity contribution in [3.05, 3.63) is 35.2 Å². The zero-order valence-corrected chi connectivity index (χ0v) is 12.9. The summed E-state index contributed by atoms with van der Waals surface area (Å²) in [6.07, 6.45) is 1.26. The first-order chi connectivity index (χ1) is 10.1. The molecule has 2 amide bonds. The molecule has 2 atom stereocenters. The van der Waals surface area contributed by atoms with Gasteiger partial charge in [0.25, 0.3) is 0 Å². The number of aliphatic hydroxyl groups is 1. The Morgan fingerprint density at radius 2 is 2.29 bits per heavy atom. The number of benzene rings is 1. The number of aliphatic hydroxyl groups excluding tert-OH is 1. The van der Waals surface area contributed by atoms with E-state index in [9.17, 15) is 9.90 Å². The monoisotopic (exact) mass is 304 g/mol. The summed E-state index contributed by atoms with van der Waals surface area (Å²) in [5, 5.41) is 16.0. The van der Waals surface area contributed by atoms with Crippen molar-refractivity contribution in [2.24, 2.45) is 0 Å². The number of likely N-dealkylation sites (tertiary alicyclic amines) is 1. The van der Waals surface area contributed by atoms with Crippen LogP contribution in [0.15, 0.2) is 29.6 Å². The number of carbonyl (C=O) groups is 1. The number of carbonyl (C=O) groups excluding carboxylic acids is 1. The highest BCUT2D eigenvalue weighted by molar-refractivity contribution is 7.17. The van der Waals surface area contributed by atoms with E-state index in [0.29, 0.717) is 6.54 Å². The number of urea groups is 1. The van der Waals surface area contributed by atoms with E-state index in [1.807, 2.05) is 19.1 Å². The Kier molecular flexibility index (Phi) is 4.12. The summed E-state index contributed by atoms with van der Waals surface area (Å²) in [7, 11) is 0. The third kappa shape index (κ3) is 3.04. The normalized spacial score (nSPS) is 20.5. The summed E-state index contributed by atoms with van der Waals surface area (Å²) < 4.78 is 1.24. The zero-order valence-electron chi connectivity index (χ0n) is 12.1. The molecular formula is C16H20N2O2S. The van der Waals surface area contributed by atoms with Crippen molar-refractivity contribution in [1.82, 2.24) is 10.2 Å². The SMILES string of the molecule is C[C@@H](NC(=O)N1CCC[C@H](O)C1)c1csc2ccccc12. The van der Waals surface area contributed by atoms with E-state index in [-0.39, 0.29) is 18.2 Å². The first-order valence-electron chi connectivity index (χ1n) is 7.35. The van der Waals surface area contributed by atoms with Crippen LogP contribution in [0.3, 0.4) is 0 Å². The number of thiophene rings is 1. The largest absolute Gasteiger partial charge is 0.391 e. The molecule has 21 heavy (non-hydrogen) atoms. The summed E-state index contributed by atoms with van der Waals surface area (Å²) >= 11 is 1.70. The fourth-order valence-electron chi connectivity index (χ4n) is 2.83. The van der Waals surface area contributed by atoms with E-state index < -0.39 is 0 Å². The lowest BCUT2D eigenvalue weighted by atomic mass is 10.1. The molecule has 0 spiro atoms. The fraction of sp³-hybridized carbons (Fsp3) is 0.438. The fourth-order valence-corrected chi connectivity index (χ4v) is 3.88. The van der Waals surface area contributed by atoms with Crippen molar-refractivity contribution in [2.45, 2.75) is 31.9 Å². The molecule has 4 nitrogen and oxygen atoms in total. The lowest BCUT2D eigenvalue weighted by molar-refractivity contribution is 0.0835. The average Bonchev–Trinajstić information content (AvgIpc) is 2.91. The number of β-amino-alcohol motifs (C(OH)–C–C–N with tert-alkyl or cyclic N) is 1. The van der Waals surface area contributed by atoms with Crippen LogP contribution in [0, 0.1) is 0 Å². The Balaban J connectivity index is 1.71. The molecule has 112 valence electrons. The minimum absolute atomic E-state index is 0.0345. The minimum atomic E-state index is -0.387. The third-order valence-corrected chi connectivity index (χ3v) is 4.98. The Labute approximate surface area is 128 Å². The first-order valence-corrected chi connectivity index (χ1v) is 8.23. The molecule has 3 rings (SSSR count). The van der Waals surface area contributed by atoms with Crippen LogP contribution in [0.25, 0.3) is 10.1 Å². The Morgan fingerprint density at radius 3 is 3.10 bits per heavy atom. The topological polar surface area (TPSA) is 52.6 Å². The van der Waals surface area contributed by atoms with Gasteiger partial charge in [0.15, 0.2) is 0 Å². The summed E-state index contributed by atoms with van der Waals surface area (Å²) in [4.78, 5) is 14.0. The molecule has 2 heterocycles. The summed E-state index contributed by atoms with van der Waals surface area (Å²) in [6.45, 7) is 3.16. The molecule has 2 N–H and O–H groups in total. The van der Waals surface area contributed by atoms with E-state index in [0.717, 1.165) is 24.9 Å². The molecule has 0 unspecified atom stereocenters. The molecule has 1 aliphatic rings. The van der Waals surface area contributed by atoms with E-state index in [4.69, 9.17) is 0 Å². The molecule has 2 aromatic rings. The molecule has 0 saturated carbocycles. The van der Waals surface area contributed by atoms with Gasteiger partial charge in [-0.15, -0.1) is 11.3 Å². The number of hydrogen-bond acceptors (Lipinski definition) is 3. The summed E-state index contributed by atoms with van der Waals surface area (Å²) in [5.74, 6) is 0. The molecule has 1 aliphatic heterocycles. The van der Waals surface area contributed by atoms with Gasteiger partial charge in [-0.05, 0) is 42.2 Å². The molecule has 1 aromatic heterocycles. The first kappa shape index (κ1) is 14.4. The van der Waals surface area contributed by atoms with Crippen molar-refractivity contribution < 1.29 is 9.90 Å². The lowest BCUT2D eigenvalue weighted by Crippen LogP contribution is -2.47. The van der Waals surface area contributed by atoms with Crippen LogP contribution in [-0.4, -0.2) is 35.2 Å². The maximum Gasteiger partial charge on any atom is 0.317 e. The van der Waals surface area contributed by atoms with Gasteiger partial charge in [0.2, 0.25) is 0 Å². The number of piperidine rings is 1. The number of rotatable bonds is 2. The predicted octanol–water partition coefficient (Wildman–Crippen LogP) is 3.13. The van der Waals surface area contributed by atoms with E-state index in [2.05, 4.69) is 22.8 Å². The summed E-state index contributed by atoms with van der Waals surface area (Å²) in [6, 6.07) is 8.12. The van der Waals surface area contributed by atoms with Crippen molar-refractivity contribution in [3.8, 4) is 0 Å². The van der Waals surface area contributed by atoms with Gasteiger partial charge >= 0.3 is 6.03 Å². The third-order valence-electron chi connectivity index (χ3n) is 4.00. The smallest absolute Gasteiger partial charge is 0.317 e. The van der Waals surface area contributed by atoms with Gasteiger partial charge in [-0.25, -0.2) is 4.79 Å². The quantitative estimate of drug-likeness (QED) is 0.895. The maximum atomic E-state index is 12.3. The molecule has 0 aliphatic carbocycles. The molecule has 1 saturated heterocycles. The second kappa shape index (κ2) is 6.03. The van der Waals surface area contributed by atoms with Crippen LogP contribution in [0.4, 0.5) is 4.79 Å². The molecule has 0 radical (unpaired) electrons. The van der Waals surface area contributed by atoms with Crippen molar-refractivity contribution in [3.63, 3.8) is 0 Å².